The van der Waals surface area contributed by atoms with Gasteiger partial charge in [0.05, 0.1) is 12.5 Å². The predicted octanol–water partition coefficient (Wildman–Crippen LogP) is 2.02. The van der Waals surface area contributed by atoms with Gasteiger partial charge in [0.25, 0.3) is 0 Å². The van der Waals surface area contributed by atoms with E-state index in [0.717, 1.165) is 24.3 Å². The molecule has 104 valence electrons. The number of rotatable bonds is 5. The number of benzene rings is 1. The smallest absolute Gasteiger partial charge is 0.229 e. The van der Waals surface area contributed by atoms with Crippen LogP contribution in [-0.4, -0.2) is 25.6 Å². The summed E-state index contributed by atoms with van der Waals surface area (Å²) in [6.45, 7) is 6.96. The molecule has 2 N–H and O–H groups in total. The Morgan fingerprint density at radius 2 is 2.21 bits per heavy atom. The third kappa shape index (κ3) is 3.55. The van der Waals surface area contributed by atoms with Crippen molar-refractivity contribution in [2.75, 3.05) is 25.0 Å². The number of hydrogen-bond donors (Lipinski definition) is 2. The molecule has 1 heterocycles. The van der Waals surface area contributed by atoms with E-state index in [9.17, 15) is 4.79 Å². The molecule has 1 aromatic rings. The van der Waals surface area contributed by atoms with Gasteiger partial charge in [-0.15, -0.1) is 0 Å². The molecule has 2 rings (SSSR count). The van der Waals surface area contributed by atoms with Crippen molar-refractivity contribution >= 4 is 11.6 Å². The Kier molecular flexibility index (Phi) is 4.93. The average Bonchev–Trinajstić information content (AvgIpc) is 2.84. The summed E-state index contributed by atoms with van der Waals surface area (Å²) in [6, 6.07) is 7.81. The number of carbonyl (C=O) groups is 1. The number of hydrogen-bond acceptors (Lipinski definition) is 3. The Balaban J connectivity index is 2.03. The highest BCUT2D eigenvalue weighted by Crippen LogP contribution is 2.21. The minimum atomic E-state index is 0.0557. The molecule has 0 radical (unpaired) electrons. The molecule has 0 aliphatic carbocycles. The van der Waals surface area contributed by atoms with Gasteiger partial charge in [-0.1, -0.05) is 25.1 Å². The fourth-order valence-corrected chi connectivity index (χ4v) is 2.37. The number of nitrogens with one attached hydrogen (secondary N) is 2. The van der Waals surface area contributed by atoms with E-state index < -0.39 is 0 Å². The van der Waals surface area contributed by atoms with Crippen molar-refractivity contribution in [1.29, 1.82) is 0 Å². The van der Waals surface area contributed by atoms with E-state index in [0.29, 0.717) is 19.1 Å². The van der Waals surface area contributed by atoms with E-state index in [1.165, 1.54) is 0 Å². The van der Waals surface area contributed by atoms with Crippen LogP contribution in [0.25, 0.3) is 0 Å². The minimum Gasteiger partial charge on any atom is -0.377 e. The number of ether oxygens (including phenoxy) is 1. The number of carbonyl (C=O) groups excluding carboxylic acids is 1. The zero-order valence-corrected chi connectivity index (χ0v) is 11.6. The molecule has 2 unspecified atom stereocenters. The Hall–Kier alpha value is -1.39. The summed E-state index contributed by atoms with van der Waals surface area (Å²) in [5.74, 6) is 0.542. The first-order valence-corrected chi connectivity index (χ1v) is 6.89. The van der Waals surface area contributed by atoms with E-state index in [1.807, 2.05) is 31.2 Å². The molecule has 1 aliphatic heterocycles. The average molecular weight is 262 g/mol. The summed E-state index contributed by atoms with van der Waals surface area (Å²) in [7, 11) is 0. The summed E-state index contributed by atoms with van der Waals surface area (Å²) in [5.41, 5.74) is 1.89. The number of amides is 1. The summed E-state index contributed by atoms with van der Waals surface area (Å²) >= 11 is 0. The Morgan fingerprint density at radius 3 is 2.89 bits per heavy atom. The van der Waals surface area contributed by atoms with Gasteiger partial charge in [0, 0.05) is 24.4 Å². The van der Waals surface area contributed by atoms with Crippen molar-refractivity contribution in [3.05, 3.63) is 29.8 Å². The maximum absolute atomic E-state index is 12.3. The molecular weight excluding hydrogens is 240 g/mol. The van der Waals surface area contributed by atoms with Crippen LogP contribution in [0, 0.1) is 11.8 Å². The van der Waals surface area contributed by atoms with Crippen LogP contribution in [0.4, 0.5) is 5.69 Å². The van der Waals surface area contributed by atoms with Crippen LogP contribution in [0.15, 0.2) is 24.3 Å². The van der Waals surface area contributed by atoms with Crippen molar-refractivity contribution in [2.24, 2.45) is 11.8 Å². The Labute approximate surface area is 114 Å². The summed E-state index contributed by atoms with van der Waals surface area (Å²) in [4.78, 5) is 12.3. The van der Waals surface area contributed by atoms with E-state index in [-0.39, 0.29) is 11.8 Å². The second-order valence-electron chi connectivity index (χ2n) is 5.03. The van der Waals surface area contributed by atoms with Gasteiger partial charge in [-0.3, -0.25) is 4.79 Å². The van der Waals surface area contributed by atoms with Gasteiger partial charge < -0.3 is 15.4 Å². The normalized spacial score (nSPS) is 22.4. The molecule has 0 spiro atoms. The van der Waals surface area contributed by atoms with Gasteiger partial charge in [-0.25, -0.2) is 0 Å². The van der Waals surface area contributed by atoms with Crippen LogP contribution in [-0.2, 0) is 16.1 Å². The number of para-hydroxylation sites is 1. The van der Waals surface area contributed by atoms with Crippen molar-refractivity contribution in [3.63, 3.8) is 0 Å². The standard InChI is InChI=1S/C15H22N2O2/c1-3-19-10-12-6-4-5-7-14(12)17-15(18)13-9-16-8-11(13)2/h4-7,11,13,16H,3,8-10H2,1-2H3,(H,17,18). The lowest BCUT2D eigenvalue weighted by molar-refractivity contribution is -0.120. The van der Waals surface area contributed by atoms with Crippen LogP contribution in [0.1, 0.15) is 19.4 Å². The van der Waals surface area contributed by atoms with Crippen molar-refractivity contribution in [3.8, 4) is 0 Å². The first kappa shape index (κ1) is 14.0. The van der Waals surface area contributed by atoms with E-state index in [4.69, 9.17) is 4.74 Å². The molecule has 1 saturated heterocycles. The quantitative estimate of drug-likeness (QED) is 0.853. The lowest BCUT2D eigenvalue weighted by Gasteiger charge is -2.16. The van der Waals surface area contributed by atoms with Gasteiger partial charge in [-0.05, 0) is 25.5 Å². The predicted molar refractivity (Wildman–Crippen MR) is 75.9 cm³/mol. The van der Waals surface area contributed by atoms with Crippen molar-refractivity contribution < 1.29 is 9.53 Å². The first-order chi connectivity index (χ1) is 9.22. The highest BCUT2D eigenvalue weighted by molar-refractivity contribution is 5.93. The molecule has 0 aromatic heterocycles. The fourth-order valence-electron chi connectivity index (χ4n) is 2.37. The lowest BCUT2D eigenvalue weighted by Crippen LogP contribution is -2.28. The first-order valence-electron chi connectivity index (χ1n) is 6.89. The van der Waals surface area contributed by atoms with Gasteiger partial charge in [0.15, 0.2) is 0 Å². The maximum atomic E-state index is 12.3. The van der Waals surface area contributed by atoms with Gasteiger partial charge in [0.1, 0.15) is 0 Å². The Bertz CT molecular complexity index is 434. The van der Waals surface area contributed by atoms with Gasteiger partial charge in [0.2, 0.25) is 5.91 Å². The summed E-state index contributed by atoms with van der Waals surface area (Å²) < 4.78 is 5.42. The maximum Gasteiger partial charge on any atom is 0.229 e. The molecule has 1 amide bonds. The van der Waals surface area contributed by atoms with Crippen LogP contribution in [0.3, 0.4) is 0 Å². The van der Waals surface area contributed by atoms with E-state index in [2.05, 4.69) is 17.6 Å². The Morgan fingerprint density at radius 1 is 1.42 bits per heavy atom. The van der Waals surface area contributed by atoms with Crippen LogP contribution >= 0.6 is 0 Å². The second kappa shape index (κ2) is 6.68. The fraction of sp³-hybridized carbons (Fsp3) is 0.533. The highest BCUT2D eigenvalue weighted by Gasteiger charge is 2.29. The largest absolute Gasteiger partial charge is 0.377 e. The SMILES string of the molecule is CCOCc1ccccc1NC(=O)C1CNCC1C. The molecule has 0 saturated carbocycles. The zero-order valence-electron chi connectivity index (χ0n) is 11.6. The third-order valence-electron chi connectivity index (χ3n) is 3.59. The molecule has 1 fully saturated rings. The molecule has 19 heavy (non-hydrogen) atoms. The summed E-state index contributed by atoms with van der Waals surface area (Å²) in [5, 5.41) is 6.29. The topological polar surface area (TPSA) is 50.4 Å². The molecule has 4 heteroatoms. The third-order valence-corrected chi connectivity index (χ3v) is 3.59. The lowest BCUT2D eigenvalue weighted by atomic mass is 9.97. The van der Waals surface area contributed by atoms with Gasteiger partial charge >= 0.3 is 0 Å². The summed E-state index contributed by atoms with van der Waals surface area (Å²) in [6.07, 6.45) is 0. The van der Waals surface area contributed by atoms with E-state index >= 15 is 0 Å². The zero-order chi connectivity index (χ0) is 13.7. The second-order valence-corrected chi connectivity index (χ2v) is 5.03. The molecule has 4 nitrogen and oxygen atoms in total. The van der Waals surface area contributed by atoms with Gasteiger partial charge in [-0.2, -0.15) is 0 Å². The van der Waals surface area contributed by atoms with Crippen LogP contribution in [0.2, 0.25) is 0 Å². The van der Waals surface area contributed by atoms with Crippen molar-refractivity contribution in [1.82, 2.24) is 5.32 Å². The number of anilines is 1. The molecule has 2 atom stereocenters. The molecule has 1 aromatic carbocycles. The molecule has 1 aliphatic rings. The molecular formula is C15H22N2O2. The monoisotopic (exact) mass is 262 g/mol. The highest BCUT2D eigenvalue weighted by atomic mass is 16.5. The van der Waals surface area contributed by atoms with E-state index in [1.54, 1.807) is 0 Å². The molecule has 0 bridgehead atoms. The minimum absolute atomic E-state index is 0.0557. The van der Waals surface area contributed by atoms with Crippen LogP contribution in [0.5, 0.6) is 0 Å². The van der Waals surface area contributed by atoms with Crippen molar-refractivity contribution in [2.45, 2.75) is 20.5 Å². The van der Waals surface area contributed by atoms with Crippen LogP contribution < -0.4 is 10.6 Å².